The molecule has 0 heterocycles. The zero-order chi connectivity index (χ0) is 17.8. The van der Waals surface area contributed by atoms with Crippen molar-refractivity contribution >= 4 is 21.5 Å². The zero-order valence-corrected chi connectivity index (χ0v) is 14.9. The van der Waals surface area contributed by atoms with E-state index in [0.717, 1.165) is 6.42 Å². The predicted octanol–water partition coefficient (Wildman–Crippen LogP) is 7.23. The first-order valence-electron chi connectivity index (χ1n) is 9.50. The molecule has 0 heteroatoms. The Morgan fingerprint density at radius 2 is 1.30 bits per heavy atom. The highest BCUT2D eigenvalue weighted by Crippen LogP contribution is 2.42. The van der Waals surface area contributed by atoms with Gasteiger partial charge in [-0.1, -0.05) is 78.9 Å². The lowest BCUT2D eigenvalue weighted by Gasteiger charge is -2.10. The quantitative estimate of drug-likeness (QED) is 0.276. The molecule has 0 saturated carbocycles. The fraction of sp³-hybridized carbons (Fsp3) is 0.0370. The molecule has 0 amide bonds. The largest absolute Gasteiger partial charge is 0.0622 e. The highest BCUT2D eigenvalue weighted by atomic mass is 14.2. The normalized spacial score (nSPS) is 12.3. The van der Waals surface area contributed by atoms with Crippen molar-refractivity contribution in [3.05, 3.63) is 108 Å². The molecule has 0 radical (unpaired) electrons. The molecule has 0 spiro atoms. The van der Waals surface area contributed by atoms with Crippen LogP contribution in [0.15, 0.2) is 97.1 Å². The smallest absolute Gasteiger partial charge is 0.00132 e. The lowest BCUT2D eigenvalue weighted by atomic mass is 9.94. The number of hydrogen-bond donors (Lipinski definition) is 0. The van der Waals surface area contributed by atoms with E-state index in [1.54, 1.807) is 0 Å². The van der Waals surface area contributed by atoms with Crippen molar-refractivity contribution in [3.8, 4) is 22.3 Å². The third-order valence-electron chi connectivity index (χ3n) is 5.84. The fourth-order valence-electron chi connectivity index (χ4n) is 4.52. The number of fused-ring (bicyclic) bond motifs is 6. The monoisotopic (exact) mass is 342 g/mol. The molecule has 0 nitrogen and oxygen atoms in total. The first-order valence-corrected chi connectivity index (χ1v) is 9.50. The van der Waals surface area contributed by atoms with E-state index in [0.29, 0.717) is 0 Å². The van der Waals surface area contributed by atoms with Crippen LogP contribution in [0.25, 0.3) is 43.8 Å². The zero-order valence-electron chi connectivity index (χ0n) is 14.9. The van der Waals surface area contributed by atoms with E-state index in [9.17, 15) is 0 Å². The highest BCUT2D eigenvalue weighted by molar-refractivity contribution is 6.08. The van der Waals surface area contributed by atoms with Crippen molar-refractivity contribution in [2.45, 2.75) is 6.42 Å². The van der Waals surface area contributed by atoms with E-state index >= 15 is 0 Å². The average molecular weight is 342 g/mol. The third kappa shape index (κ3) is 2.23. The number of hydrogen-bond acceptors (Lipinski definition) is 0. The summed E-state index contributed by atoms with van der Waals surface area (Å²) in [4.78, 5) is 0. The lowest BCUT2D eigenvalue weighted by Crippen LogP contribution is -1.85. The molecule has 1 aliphatic carbocycles. The molecule has 27 heavy (non-hydrogen) atoms. The Hall–Kier alpha value is -3.38. The van der Waals surface area contributed by atoms with Gasteiger partial charge in [0, 0.05) is 0 Å². The number of benzene rings is 5. The van der Waals surface area contributed by atoms with Crippen LogP contribution in [-0.4, -0.2) is 0 Å². The molecule has 0 bridgehead atoms. The van der Waals surface area contributed by atoms with Crippen molar-refractivity contribution in [2.75, 3.05) is 0 Å². The summed E-state index contributed by atoms with van der Waals surface area (Å²) in [5.74, 6) is 0. The summed E-state index contributed by atoms with van der Waals surface area (Å²) in [6.07, 6.45) is 1.05. The van der Waals surface area contributed by atoms with E-state index in [1.807, 2.05) is 0 Å². The third-order valence-corrected chi connectivity index (χ3v) is 5.84. The second-order valence-corrected chi connectivity index (χ2v) is 7.43. The van der Waals surface area contributed by atoms with Gasteiger partial charge in [-0.2, -0.15) is 0 Å². The van der Waals surface area contributed by atoms with Gasteiger partial charge >= 0.3 is 0 Å². The van der Waals surface area contributed by atoms with Crippen LogP contribution in [0.2, 0.25) is 0 Å². The molecule has 6 rings (SSSR count). The summed E-state index contributed by atoms with van der Waals surface area (Å²) >= 11 is 0. The van der Waals surface area contributed by atoms with Gasteiger partial charge in [-0.15, -0.1) is 0 Å². The summed E-state index contributed by atoms with van der Waals surface area (Å²) in [7, 11) is 0. The maximum Gasteiger partial charge on any atom is -0.00132 e. The Kier molecular flexibility index (Phi) is 3.04. The summed E-state index contributed by atoms with van der Waals surface area (Å²) in [6, 6.07) is 35.6. The summed E-state index contributed by atoms with van der Waals surface area (Å²) < 4.78 is 0. The Balaban J connectivity index is 1.64. The minimum Gasteiger partial charge on any atom is -0.0622 e. The first kappa shape index (κ1) is 14.8. The molecule has 1 aliphatic rings. The summed E-state index contributed by atoms with van der Waals surface area (Å²) in [6.45, 7) is 0. The average Bonchev–Trinajstić information content (AvgIpc) is 3.12. The van der Waals surface area contributed by atoms with Crippen molar-refractivity contribution in [1.82, 2.24) is 0 Å². The Morgan fingerprint density at radius 3 is 2.22 bits per heavy atom. The van der Waals surface area contributed by atoms with E-state index < -0.39 is 0 Å². The van der Waals surface area contributed by atoms with Gasteiger partial charge in [0.1, 0.15) is 0 Å². The molecule has 0 saturated heterocycles. The van der Waals surface area contributed by atoms with Crippen LogP contribution in [-0.2, 0) is 6.42 Å². The van der Waals surface area contributed by atoms with Crippen molar-refractivity contribution in [2.24, 2.45) is 0 Å². The van der Waals surface area contributed by atoms with Crippen molar-refractivity contribution in [1.29, 1.82) is 0 Å². The predicted molar refractivity (Wildman–Crippen MR) is 115 cm³/mol. The topological polar surface area (TPSA) is 0 Å². The highest BCUT2D eigenvalue weighted by Gasteiger charge is 2.20. The molecule has 5 aromatic rings. The SMILES string of the molecule is c1ccc(-c2ccc3cc4ccc5c(c4cc3c2)-c2ccccc2C5)cc1. The lowest BCUT2D eigenvalue weighted by molar-refractivity contribution is 1.27. The molecule has 0 fully saturated rings. The first-order chi connectivity index (χ1) is 13.4. The Labute approximate surface area is 158 Å². The fourth-order valence-corrected chi connectivity index (χ4v) is 4.52. The van der Waals surface area contributed by atoms with Crippen LogP contribution in [0.3, 0.4) is 0 Å². The van der Waals surface area contributed by atoms with Gasteiger partial charge in [-0.3, -0.25) is 0 Å². The molecule has 126 valence electrons. The van der Waals surface area contributed by atoms with Crippen LogP contribution in [0, 0.1) is 0 Å². The Morgan fingerprint density at radius 1 is 0.481 bits per heavy atom. The van der Waals surface area contributed by atoms with Gasteiger partial charge in [-0.05, 0) is 79.5 Å². The minimum absolute atomic E-state index is 1.05. The van der Waals surface area contributed by atoms with Crippen LogP contribution in [0.1, 0.15) is 11.1 Å². The van der Waals surface area contributed by atoms with Crippen molar-refractivity contribution < 1.29 is 0 Å². The minimum atomic E-state index is 1.05. The second kappa shape index (κ2) is 5.56. The maximum absolute atomic E-state index is 2.39. The van der Waals surface area contributed by atoms with Crippen LogP contribution < -0.4 is 0 Å². The van der Waals surface area contributed by atoms with Crippen molar-refractivity contribution in [3.63, 3.8) is 0 Å². The van der Waals surface area contributed by atoms with Crippen LogP contribution in [0.5, 0.6) is 0 Å². The molecular weight excluding hydrogens is 324 g/mol. The van der Waals surface area contributed by atoms with Gasteiger partial charge in [0.25, 0.3) is 0 Å². The van der Waals surface area contributed by atoms with Crippen LogP contribution >= 0.6 is 0 Å². The molecule has 0 aliphatic heterocycles. The van der Waals surface area contributed by atoms with E-state index in [4.69, 9.17) is 0 Å². The van der Waals surface area contributed by atoms with Gasteiger partial charge in [0.05, 0.1) is 0 Å². The van der Waals surface area contributed by atoms with Gasteiger partial charge in [0.2, 0.25) is 0 Å². The van der Waals surface area contributed by atoms with Gasteiger partial charge < -0.3 is 0 Å². The van der Waals surface area contributed by atoms with Gasteiger partial charge in [-0.25, -0.2) is 0 Å². The van der Waals surface area contributed by atoms with Crippen LogP contribution in [0.4, 0.5) is 0 Å². The number of rotatable bonds is 1. The molecule has 5 aromatic carbocycles. The maximum atomic E-state index is 2.39. The van der Waals surface area contributed by atoms with E-state index in [1.165, 1.54) is 54.9 Å². The molecule has 0 N–H and O–H groups in total. The van der Waals surface area contributed by atoms with Gasteiger partial charge in [0.15, 0.2) is 0 Å². The summed E-state index contributed by atoms with van der Waals surface area (Å²) in [5, 5.41) is 5.30. The molecule has 0 unspecified atom stereocenters. The molecular formula is C27H18. The van der Waals surface area contributed by atoms with E-state index in [-0.39, 0.29) is 0 Å². The van der Waals surface area contributed by atoms with E-state index in [2.05, 4.69) is 97.1 Å². The summed E-state index contributed by atoms with van der Waals surface area (Å²) in [5.41, 5.74) is 8.26. The molecule has 0 atom stereocenters. The molecule has 0 aromatic heterocycles. The second-order valence-electron chi connectivity index (χ2n) is 7.43. The Bertz CT molecular complexity index is 1330. The standard InChI is InChI=1S/C27H18/c1-2-6-18(7-3-1)19-10-11-20-14-22-12-13-23-16-21-8-4-5-9-25(21)27(23)26(22)17-24(20)15-19/h1-15,17H,16H2.